The molecule has 3 aromatic rings. The van der Waals surface area contributed by atoms with Gasteiger partial charge in [0.2, 0.25) is 0 Å². The Morgan fingerprint density at radius 3 is 2.65 bits per heavy atom. The number of halogens is 1. The van der Waals surface area contributed by atoms with Crippen LogP contribution in [0.2, 0.25) is 0 Å². The molecule has 0 amide bonds. The van der Waals surface area contributed by atoms with E-state index < -0.39 is 0 Å². The van der Waals surface area contributed by atoms with E-state index in [-0.39, 0.29) is 5.82 Å². The Morgan fingerprint density at radius 2 is 1.90 bits per heavy atom. The molecule has 1 aromatic carbocycles. The highest BCUT2D eigenvalue weighted by atomic mass is 19.1. The van der Waals surface area contributed by atoms with Crippen LogP contribution in [0.1, 0.15) is 12.1 Å². The molecule has 20 heavy (non-hydrogen) atoms. The molecule has 0 saturated carbocycles. The predicted octanol–water partition coefficient (Wildman–Crippen LogP) is 3.03. The van der Waals surface area contributed by atoms with Gasteiger partial charge in [-0.3, -0.25) is 4.40 Å². The molecule has 0 aliphatic carbocycles. The first-order valence-electron chi connectivity index (χ1n) is 6.71. The van der Waals surface area contributed by atoms with Crippen molar-refractivity contribution in [2.24, 2.45) is 5.73 Å². The maximum absolute atomic E-state index is 13.0. The van der Waals surface area contributed by atoms with Gasteiger partial charge in [-0.1, -0.05) is 6.07 Å². The molecule has 4 heteroatoms. The zero-order valence-electron chi connectivity index (χ0n) is 11.1. The second kappa shape index (κ2) is 5.43. The largest absolute Gasteiger partial charge is 0.330 e. The lowest BCUT2D eigenvalue weighted by Gasteiger charge is -2.00. The van der Waals surface area contributed by atoms with Gasteiger partial charge in [0.25, 0.3) is 0 Å². The van der Waals surface area contributed by atoms with Crippen molar-refractivity contribution in [3.05, 3.63) is 60.2 Å². The minimum Gasteiger partial charge on any atom is -0.330 e. The maximum atomic E-state index is 13.0. The Hall–Kier alpha value is -2.20. The lowest BCUT2D eigenvalue weighted by Crippen LogP contribution is -2.00. The van der Waals surface area contributed by atoms with Gasteiger partial charge in [0, 0.05) is 11.8 Å². The Kier molecular flexibility index (Phi) is 3.48. The van der Waals surface area contributed by atoms with E-state index in [0.29, 0.717) is 6.54 Å². The monoisotopic (exact) mass is 269 g/mol. The molecule has 0 fully saturated rings. The van der Waals surface area contributed by atoms with Crippen LogP contribution in [0.5, 0.6) is 0 Å². The number of hydrogen-bond donors (Lipinski definition) is 1. The number of aryl methyl sites for hydroxylation is 1. The number of nitrogens with two attached hydrogens (primary N) is 1. The molecule has 0 bridgehead atoms. The third-order valence-corrected chi connectivity index (χ3v) is 3.34. The van der Waals surface area contributed by atoms with Crippen molar-refractivity contribution in [1.82, 2.24) is 9.38 Å². The summed E-state index contributed by atoms with van der Waals surface area (Å²) in [4.78, 5) is 4.71. The van der Waals surface area contributed by atoms with Crippen LogP contribution >= 0.6 is 0 Å². The third kappa shape index (κ3) is 2.30. The number of rotatable bonds is 4. The molecule has 0 saturated heterocycles. The molecule has 0 aliphatic heterocycles. The van der Waals surface area contributed by atoms with Crippen LogP contribution in [0.4, 0.5) is 4.39 Å². The number of benzene rings is 1. The van der Waals surface area contributed by atoms with Gasteiger partial charge in [-0.25, -0.2) is 9.37 Å². The SMILES string of the molecule is NCCCc1nc(-c2ccc(F)cc2)n2ccccc12. The van der Waals surface area contributed by atoms with E-state index >= 15 is 0 Å². The molecule has 3 nitrogen and oxygen atoms in total. The van der Waals surface area contributed by atoms with Crippen LogP contribution in [0, 0.1) is 5.82 Å². The minimum absolute atomic E-state index is 0.238. The van der Waals surface area contributed by atoms with Crippen LogP contribution in [0.25, 0.3) is 16.9 Å². The van der Waals surface area contributed by atoms with Crippen molar-refractivity contribution in [2.75, 3.05) is 6.54 Å². The first-order valence-corrected chi connectivity index (χ1v) is 6.71. The van der Waals surface area contributed by atoms with Crippen molar-refractivity contribution >= 4 is 5.52 Å². The van der Waals surface area contributed by atoms with E-state index in [1.165, 1.54) is 12.1 Å². The molecule has 0 radical (unpaired) electrons. The molecular weight excluding hydrogens is 253 g/mol. The van der Waals surface area contributed by atoms with Gasteiger partial charge in [0.15, 0.2) is 0 Å². The topological polar surface area (TPSA) is 43.3 Å². The summed E-state index contributed by atoms with van der Waals surface area (Å²) in [5.41, 5.74) is 8.61. The summed E-state index contributed by atoms with van der Waals surface area (Å²) < 4.78 is 15.1. The van der Waals surface area contributed by atoms with Crippen molar-refractivity contribution in [1.29, 1.82) is 0 Å². The van der Waals surface area contributed by atoms with Crippen LogP contribution in [0.15, 0.2) is 48.7 Å². The smallest absolute Gasteiger partial charge is 0.144 e. The van der Waals surface area contributed by atoms with Crippen molar-refractivity contribution in [2.45, 2.75) is 12.8 Å². The van der Waals surface area contributed by atoms with Gasteiger partial charge in [-0.15, -0.1) is 0 Å². The highest BCUT2D eigenvalue weighted by Crippen LogP contribution is 2.23. The quantitative estimate of drug-likeness (QED) is 0.791. The van der Waals surface area contributed by atoms with E-state index in [1.807, 2.05) is 28.8 Å². The summed E-state index contributed by atoms with van der Waals surface area (Å²) in [5.74, 6) is 0.602. The summed E-state index contributed by atoms with van der Waals surface area (Å²) in [5, 5.41) is 0. The number of pyridine rings is 1. The molecule has 2 N–H and O–H groups in total. The second-order valence-electron chi connectivity index (χ2n) is 4.74. The molecule has 102 valence electrons. The summed E-state index contributed by atoms with van der Waals surface area (Å²) in [6, 6.07) is 12.4. The maximum Gasteiger partial charge on any atom is 0.144 e. The molecular formula is C16H16FN3. The Bertz CT molecular complexity index is 716. The molecule has 0 aliphatic rings. The molecule has 0 atom stereocenters. The minimum atomic E-state index is -0.238. The normalized spacial score (nSPS) is 11.1. The fourth-order valence-corrected chi connectivity index (χ4v) is 2.36. The van der Waals surface area contributed by atoms with Gasteiger partial charge in [0.1, 0.15) is 11.6 Å². The summed E-state index contributed by atoms with van der Waals surface area (Å²) >= 11 is 0. The lowest BCUT2D eigenvalue weighted by atomic mass is 10.2. The first kappa shape index (κ1) is 12.8. The van der Waals surface area contributed by atoms with E-state index in [9.17, 15) is 4.39 Å². The Morgan fingerprint density at radius 1 is 1.10 bits per heavy atom. The van der Waals surface area contributed by atoms with E-state index in [1.54, 1.807) is 12.1 Å². The number of aromatic nitrogens is 2. The van der Waals surface area contributed by atoms with Crippen LogP contribution < -0.4 is 5.73 Å². The zero-order valence-corrected chi connectivity index (χ0v) is 11.1. The number of hydrogen-bond acceptors (Lipinski definition) is 2. The third-order valence-electron chi connectivity index (χ3n) is 3.34. The van der Waals surface area contributed by atoms with Gasteiger partial charge >= 0.3 is 0 Å². The van der Waals surface area contributed by atoms with Crippen molar-refractivity contribution in [3.8, 4) is 11.4 Å². The average Bonchev–Trinajstić information content (AvgIpc) is 2.85. The molecule has 0 spiro atoms. The Labute approximate surface area is 116 Å². The average molecular weight is 269 g/mol. The number of nitrogens with zero attached hydrogens (tertiary/aromatic N) is 2. The lowest BCUT2D eigenvalue weighted by molar-refractivity contribution is 0.628. The molecule has 0 unspecified atom stereocenters. The zero-order chi connectivity index (χ0) is 13.9. The highest BCUT2D eigenvalue weighted by molar-refractivity contribution is 5.65. The van der Waals surface area contributed by atoms with E-state index in [2.05, 4.69) is 0 Å². The fourth-order valence-electron chi connectivity index (χ4n) is 2.36. The van der Waals surface area contributed by atoms with Gasteiger partial charge in [-0.2, -0.15) is 0 Å². The van der Waals surface area contributed by atoms with Crippen LogP contribution in [0.3, 0.4) is 0 Å². The molecule has 2 heterocycles. The number of imidazole rings is 1. The first-order chi connectivity index (χ1) is 9.79. The van der Waals surface area contributed by atoms with E-state index in [4.69, 9.17) is 10.7 Å². The summed E-state index contributed by atoms with van der Waals surface area (Å²) in [6.07, 6.45) is 3.74. The number of fused-ring (bicyclic) bond motifs is 1. The van der Waals surface area contributed by atoms with Crippen LogP contribution in [-0.2, 0) is 6.42 Å². The van der Waals surface area contributed by atoms with Gasteiger partial charge in [0.05, 0.1) is 11.2 Å². The predicted molar refractivity (Wildman–Crippen MR) is 78.0 cm³/mol. The highest BCUT2D eigenvalue weighted by Gasteiger charge is 2.11. The van der Waals surface area contributed by atoms with Crippen molar-refractivity contribution in [3.63, 3.8) is 0 Å². The molecule has 3 rings (SSSR count). The standard InChI is InChI=1S/C16H16FN3/c17-13-8-6-12(7-9-13)16-19-14(4-3-10-18)15-5-1-2-11-20(15)16/h1-2,5-9,11H,3-4,10,18H2. The Balaban J connectivity index is 2.13. The van der Waals surface area contributed by atoms with E-state index in [0.717, 1.165) is 35.4 Å². The van der Waals surface area contributed by atoms with Gasteiger partial charge < -0.3 is 5.73 Å². The summed E-state index contributed by atoms with van der Waals surface area (Å²) in [6.45, 7) is 0.651. The van der Waals surface area contributed by atoms with Gasteiger partial charge in [-0.05, 0) is 55.8 Å². The second-order valence-corrected chi connectivity index (χ2v) is 4.74. The summed E-state index contributed by atoms with van der Waals surface area (Å²) in [7, 11) is 0. The van der Waals surface area contributed by atoms with Crippen LogP contribution in [-0.4, -0.2) is 15.9 Å². The fraction of sp³-hybridized carbons (Fsp3) is 0.188. The molecule has 2 aromatic heterocycles. The van der Waals surface area contributed by atoms with Crippen molar-refractivity contribution < 1.29 is 4.39 Å².